The molecule has 9 heteroatoms. The highest BCUT2D eigenvalue weighted by Gasteiger charge is 2.27. The maximum absolute atomic E-state index is 13.3. The summed E-state index contributed by atoms with van der Waals surface area (Å²) in [4.78, 5) is 26.1. The molecule has 3 rings (SSSR count). The summed E-state index contributed by atoms with van der Waals surface area (Å²) in [5.41, 5.74) is 0.918. The van der Waals surface area contributed by atoms with Gasteiger partial charge in [-0.1, -0.05) is 42.5 Å². The Morgan fingerprint density at radius 2 is 1.54 bits per heavy atom. The number of carbonyl (C=O) groups excluding carboxylic acids is 2. The molecule has 0 fully saturated rings. The standard InChI is InChI=1S/C28H31FN2O5S/c1-28(2,19-36-3)31-37(34,35)24-15-9-21(10-16-24)18-26(32)25(17-20-7-5-4-6-8-20)30-27(33)22-11-13-23(29)14-12-22/h4-16,25,31H,17-19H2,1-3H3,(H,30,33)/t25-/m0/s1. The van der Waals surface area contributed by atoms with Crippen LogP contribution in [0.2, 0.25) is 0 Å². The SMILES string of the molecule is COCC(C)(C)NS(=O)(=O)c1ccc(CC(=O)[C@H](Cc2ccccc2)NC(=O)c2ccc(F)cc2)cc1. The predicted octanol–water partition coefficient (Wildman–Crippen LogP) is 3.68. The second-order valence-corrected chi connectivity index (χ2v) is 11.1. The van der Waals surface area contributed by atoms with Crippen molar-refractivity contribution in [3.05, 3.63) is 101 Å². The van der Waals surface area contributed by atoms with E-state index < -0.39 is 33.3 Å². The molecule has 2 N–H and O–H groups in total. The summed E-state index contributed by atoms with van der Waals surface area (Å²) in [5, 5.41) is 2.77. The van der Waals surface area contributed by atoms with Crippen molar-refractivity contribution in [3.63, 3.8) is 0 Å². The Labute approximate surface area is 217 Å². The van der Waals surface area contributed by atoms with Crippen molar-refractivity contribution in [2.24, 2.45) is 0 Å². The zero-order chi connectivity index (χ0) is 27.1. The van der Waals surface area contributed by atoms with E-state index in [1.807, 2.05) is 30.3 Å². The Morgan fingerprint density at radius 3 is 2.14 bits per heavy atom. The summed E-state index contributed by atoms with van der Waals surface area (Å²) < 4.78 is 46.4. The lowest BCUT2D eigenvalue weighted by atomic mass is 9.97. The Hall–Kier alpha value is -3.40. The van der Waals surface area contributed by atoms with E-state index in [1.165, 1.54) is 43.5 Å². The average molecular weight is 527 g/mol. The van der Waals surface area contributed by atoms with Gasteiger partial charge in [-0.15, -0.1) is 0 Å². The maximum Gasteiger partial charge on any atom is 0.251 e. The van der Waals surface area contributed by atoms with Crippen molar-refractivity contribution in [1.29, 1.82) is 0 Å². The molecule has 0 aliphatic carbocycles. The summed E-state index contributed by atoms with van der Waals surface area (Å²) in [5.74, 6) is -1.19. The van der Waals surface area contributed by atoms with Gasteiger partial charge in [0.1, 0.15) is 5.82 Å². The first-order valence-corrected chi connectivity index (χ1v) is 13.2. The number of methoxy groups -OCH3 is 1. The molecule has 196 valence electrons. The lowest BCUT2D eigenvalue weighted by Crippen LogP contribution is -2.46. The molecule has 0 bridgehead atoms. The van der Waals surface area contributed by atoms with Crippen LogP contribution in [0.4, 0.5) is 4.39 Å². The fraction of sp³-hybridized carbons (Fsp3) is 0.286. The van der Waals surface area contributed by atoms with Gasteiger partial charge >= 0.3 is 0 Å². The van der Waals surface area contributed by atoms with Crippen molar-refractivity contribution < 1.29 is 27.1 Å². The smallest absolute Gasteiger partial charge is 0.251 e. The first kappa shape index (κ1) is 28.2. The lowest BCUT2D eigenvalue weighted by molar-refractivity contribution is -0.120. The summed E-state index contributed by atoms with van der Waals surface area (Å²) >= 11 is 0. The van der Waals surface area contributed by atoms with Gasteiger partial charge in [0.25, 0.3) is 5.91 Å². The van der Waals surface area contributed by atoms with Gasteiger partial charge in [-0.3, -0.25) is 9.59 Å². The number of benzene rings is 3. The molecule has 7 nitrogen and oxygen atoms in total. The number of amides is 1. The zero-order valence-corrected chi connectivity index (χ0v) is 21.8. The fourth-order valence-electron chi connectivity index (χ4n) is 3.86. The van der Waals surface area contributed by atoms with Crippen LogP contribution in [-0.4, -0.2) is 45.4 Å². The van der Waals surface area contributed by atoms with Gasteiger partial charge in [0, 0.05) is 19.1 Å². The molecule has 0 spiro atoms. The number of sulfonamides is 1. The largest absolute Gasteiger partial charge is 0.383 e. The minimum Gasteiger partial charge on any atom is -0.383 e. The quantitative estimate of drug-likeness (QED) is 0.375. The molecular weight excluding hydrogens is 495 g/mol. The number of ketones is 1. The molecule has 3 aromatic rings. The van der Waals surface area contributed by atoms with Crippen LogP contribution < -0.4 is 10.0 Å². The number of nitrogens with one attached hydrogen (secondary N) is 2. The van der Waals surface area contributed by atoms with Crippen LogP contribution in [0.25, 0.3) is 0 Å². The van der Waals surface area contributed by atoms with Crippen LogP contribution >= 0.6 is 0 Å². The van der Waals surface area contributed by atoms with Crippen molar-refractivity contribution >= 4 is 21.7 Å². The molecule has 0 saturated carbocycles. The number of hydrogen-bond acceptors (Lipinski definition) is 5. The summed E-state index contributed by atoms with van der Waals surface area (Å²) in [7, 11) is -2.30. The van der Waals surface area contributed by atoms with Crippen molar-refractivity contribution in [2.45, 2.75) is 43.2 Å². The second-order valence-electron chi connectivity index (χ2n) is 9.43. The van der Waals surface area contributed by atoms with Gasteiger partial charge in [0.05, 0.1) is 23.1 Å². The summed E-state index contributed by atoms with van der Waals surface area (Å²) in [6.45, 7) is 3.63. The molecule has 37 heavy (non-hydrogen) atoms. The maximum atomic E-state index is 13.3. The molecule has 0 unspecified atom stereocenters. The number of hydrogen-bond donors (Lipinski definition) is 2. The predicted molar refractivity (Wildman–Crippen MR) is 139 cm³/mol. The Kier molecular flexibility index (Phi) is 9.31. The number of Topliss-reactive ketones (excluding diaryl/α,β-unsaturated/α-hetero) is 1. The van der Waals surface area contributed by atoms with Gasteiger partial charge in [-0.25, -0.2) is 17.5 Å². The van der Waals surface area contributed by atoms with E-state index in [-0.39, 0.29) is 35.7 Å². The van der Waals surface area contributed by atoms with E-state index in [9.17, 15) is 22.4 Å². The second kappa shape index (κ2) is 12.2. The van der Waals surface area contributed by atoms with Crippen LogP contribution in [-0.2, 0) is 32.4 Å². The number of halogens is 1. The number of carbonyl (C=O) groups is 2. The minimum atomic E-state index is -3.79. The molecule has 0 aliphatic rings. The third-order valence-electron chi connectivity index (χ3n) is 5.61. The van der Waals surface area contributed by atoms with Gasteiger partial charge in [0.15, 0.2) is 5.78 Å². The van der Waals surface area contributed by atoms with Gasteiger partial charge in [-0.05, 0) is 67.8 Å². The van der Waals surface area contributed by atoms with Crippen LogP contribution in [0.3, 0.4) is 0 Å². The highest BCUT2D eigenvalue weighted by molar-refractivity contribution is 7.89. The van der Waals surface area contributed by atoms with E-state index in [2.05, 4.69) is 10.0 Å². The average Bonchev–Trinajstić information content (AvgIpc) is 2.84. The molecule has 0 saturated heterocycles. The highest BCUT2D eigenvalue weighted by Crippen LogP contribution is 2.16. The van der Waals surface area contributed by atoms with Crippen LogP contribution in [0.5, 0.6) is 0 Å². The third-order valence-corrected chi connectivity index (χ3v) is 7.32. The van der Waals surface area contributed by atoms with Gasteiger partial charge in [0.2, 0.25) is 10.0 Å². The first-order valence-electron chi connectivity index (χ1n) is 11.7. The summed E-state index contributed by atoms with van der Waals surface area (Å²) in [6, 6.07) is 19.6. The topological polar surface area (TPSA) is 102 Å². The minimum absolute atomic E-state index is 0.00980. The molecule has 1 amide bonds. The molecular formula is C28H31FN2O5S. The van der Waals surface area contributed by atoms with E-state index >= 15 is 0 Å². The Balaban J connectivity index is 1.75. The Morgan fingerprint density at radius 1 is 0.919 bits per heavy atom. The molecule has 0 aliphatic heterocycles. The van der Waals surface area contributed by atoms with Gasteiger partial charge < -0.3 is 10.1 Å². The van der Waals surface area contributed by atoms with Crippen molar-refractivity contribution in [1.82, 2.24) is 10.0 Å². The van der Waals surface area contributed by atoms with Crippen LogP contribution in [0.15, 0.2) is 83.8 Å². The van der Waals surface area contributed by atoms with E-state index in [1.54, 1.807) is 26.0 Å². The third kappa shape index (κ3) is 8.31. The van der Waals surface area contributed by atoms with E-state index in [4.69, 9.17) is 4.74 Å². The van der Waals surface area contributed by atoms with Crippen LogP contribution in [0.1, 0.15) is 35.3 Å². The van der Waals surface area contributed by atoms with E-state index in [0.29, 0.717) is 5.56 Å². The molecule has 0 aromatic heterocycles. The molecule has 0 heterocycles. The fourth-order valence-corrected chi connectivity index (χ4v) is 5.26. The van der Waals surface area contributed by atoms with Gasteiger partial charge in [-0.2, -0.15) is 0 Å². The van der Waals surface area contributed by atoms with Crippen molar-refractivity contribution in [3.8, 4) is 0 Å². The molecule has 1 atom stereocenters. The highest BCUT2D eigenvalue weighted by atomic mass is 32.2. The monoisotopic (exact) mass is 526 g/mol. The summed E-state index contributed by atoms with van der Waals surface area (Å²) in [6.07, 6.45) is 0.266. The lowest BCUT2D eigenvalue weighted by Gasteiger charge is -2.25. The van der Waals surface area contributed by atoms with Crippen LogP contribution in [0, 0.1) is 5.82 Å². The molecule has 0 radical (unpaired) electrons. The Bertz CT molecular complexity index is 1310. The zero-order valence-electron chi connectivity index (χ0n) is 21.0. The normalized spacial score (nSPS) is 12.6. The number of ether oxygens (including phenoxy) is 1. The first-order chi connectivity index (χ1) is 17.5. The number of rotatable bonds is 12. The van der Waals surface area contributed by atoms with E-state index in [0.717, 1.165) is 5.56 Å². The molecule has 3 aromatic carbocycles. The van der Waals surface area contributed by atoms with Crippen molar-refractivity contribution in [2.75, 3.05) is 13.7 Å².